The van der Waals surface area contributed by atoms with Crippen molar-refractivity contribution in [3.63, 3.8) is 0 Å². The van der Waals surface area contributed by atoms with E-state index in [0.29, 0.717) is 0 Å². The van der Waals surface area contributed by atoms with Crippen molar-refractivity contribution in [1.29, 1.82) is 0 Å². The van der Waals surface area contributed by atoms with Crippen molar-refractivity contribution in [2.24, 2.45) is 0 Å². The zero-order valence-electron chi connectivity index (χ0n) is 13.1. The molecule has 1 aromatic rings. The number of hydrogen-bond acceptors (Lipinski definition) is 5. The SMILES string of the molecule is CC(C)(C)OC(=O)NCCNS(=O)(=O)c1cccc(C(=O)O)c1. The topological polar surface area (TPSA) is 122 Å². The highest BCUT2D eigenvalue weighted by Crippen LogP contribution is 2.11. The summed E-state index contributed by atoms with van der Waals surface area (Å²) in [4.78, 5) is 22.1. The molecule has 0 spiro atoms. The fourth-order valence-electron chi connectivity index (χ4n) is 1.54. The Morgan fingerprint density at radius 1 is 1.22 bits per heavy atom. The van der Waals surface area contributed by atoms with Crippen LogP contribution in [0.1, 0.15) is 31.1 Å². The van der Waals surface area contributed by atoms with Crippen LogP contribution in [0.5, 0.6) is 0 Å². The number of carbonyl (C=O) groups excluding carboxylic acids is 1. The molecule has 0 aliphatic heterocycles. The number of benzene rings is 1. The number of amides is 1. The Morgan fingerprint density at radius 2 is 1.87 bits per heavy atom. The number of sulfonamides is 1. The van der Waals surface area contributed by atoms with Crippen molar-refractivity contribution < 1.29 is 27.9 Å². The van der Waals surface area contributed by atoms with Gasteiger partial charge < -0.3 is 15.2 Å². The van der Waals surface area contributed by atoms with Crippen molar-refractivity contribution in [2.75, 3.05) is 13.1 Å². The van der Waals surface area contributed by atoms with Crippen molar-refractivity contribution in [3.8, 4) is 0 Å². The molecular formula is C14H20N2O6S. The van der Waals surface area contributed by atoms with Gasteiger partial charge in [-0.3, -0.25) is 0 Å². The molecule has 8 nitrogen and oxygen atoms in total. The van der Waals surface area contributed by atoms with E-state index in [1.807, 2.05) is 0 Å². The van der Waals surface area contributed by atoms with Gasteiger partial charge in [0, 0.05) is 13.1 Å². The molecule has 0 radical (unpaired) electrons. The molecule has 1 amide bonds. The molecule has 0 bridgehead atoms. The van der Waals surface area contributed by atoms with Crippen LogP contribution >= 0.6 is 0 Å². The van der Waals surface area contributed by atoms with E-state index in [-0.39, 0.29) is 23.5 Å². The van der Waals surface area contributed by atoms with Crippen molar-refractivity contribution >= 4 is 22.1 Å². The lowest BCUT2D eigenvalue weighted by molar-refractivity contribution is 0.0528. The lowest BCUT2D eigenvalue weighted by Crippen LogP contribution is -2.37. The monoisotopic (exact) mass is 344 g/mol. The van der Waals surface area contributed by atoms with Crippen LogP contribution in [0, 0.1) is 0 Å². The number of carboxylic acid groups (broad SMARTS) is 1. The number of alkyl carbamates (subject to hydrolysis) is 1. The van der Waals surface area contributed by atoms with E-state index in [1.165, 1.54) is 18.2 Å². The number of carboxylic acids is 1. The lowest BCUT2D eigenvalue weighted by Gasteiger charge is -2.19. The van der Waals surface area contributed by atoms with Gasteiger partial charge in [-0.25, -0.2) is 22.7 Å². The second-order valence-corrected chi connectivity index (χ2v) is 7.43. The minimum atomic E-state index is -3.85. The van der Waals surface area contributed by atoms with Crippen LogP contribution in [0.15, 0.2) is 29.2 Å². The molecular weight excluding hydrogens is 324 g/mol. The first kappa shape index (κ1) is 18.9. The van der Waals surface area contributed by atoms with Crippen LogP contribution in [0.25, 0.3) is 0 Å². The molecule has 0 atom stereocenters. The molecule has 0 aliphatic rings. The van der Waals surface area contributed by atoms with Gasteiger partial charge >= 0.3 is 12.1 Å². The highest BCUT2D eigenvalue weighted by Gasteiger charge is 2.17. The van der Waals surface area contributed by atoms with Gasteiger partial charge in [-0.2, -0.15) is 0 Å². The van der Waals surface area contributed by atoms with Gasteiger partial charge in [0.1, 0.15) is 5.60 Å². The van der Waals surface area contributed by atoms with Gasteiger partial charge in [0.2, 0.25) is 10.0 Å². The molecule has 0 aromatic heterocycles. The second-order valence-electron chi connectivity index (χ2n) is 5.66. The summed E-state index contributed by atoms with van der Waals surface area (Å²) in [5, 5.41) is 11.3. The standard InChI is InChI=1S/C14H20N2O6S/c1-14(2,3)22-13(19)15-7-8-16-23(20,21)11-6-4-5-10(9-11)12(17)18/h4-6,9,16H,7-8H2,1-3H3,(H,15,19)(H,17,18). The van der Waals surface area contributed by atoms with Crippen LogP contribution in [0.3, 0.4) is 0 Å². The molecule has 0 aliphatic carbocycles. The smallest absolute Gasteiger partial charge is 0.407 e. The molecule has 1 rings (SSSR count). The Morgan fingerprint density at radius 3 is 2.43 bits per heavy atom. The third-order valence-corrected chi connectivity index (χ3v) is 3.94. The predicted molar refractivity (Wildman–Crippen MR) is 82.8 cm³/mol. The Kier molecular flexibility index (Phi) is 6.11. The Bertz CT molecular complexity index is 679. The van der Waals surface area contributed by atoms with Gasteiger partial charge in [-0.15, -0.1) is 0 Å². The van der Waals surface area contributed by atoms with E-state index < -0.39 is 27.7 Å². The minimum Gasteiger partial charge on any atom is -0.478 e. The molecule has 0 unspecified atom stereocenters. The van der Waals surface area contributed by atoms with Gasteiger partial charge in [0.05, 0.1) is 10.5 Å². The van der Waals surface area contributed by atoms with Gasteiger partial charge in [0.15, 0.2) is 0 Å². The first-order valence-corrected chi connectivity index (χ1v) is 8.29. The van der Waals surface area contributed by atoms with E-state index >= 15 is 0 Å². The molecule has 1 aromatic carbocycles. The van der Waals surface area contributed by atoms with Crippen molar-refractivity contribution in [1.82, 2.24) is 10.0 Å². The molecule has 0 fully saturated rings. The highest BCUT2D eigenvalue weighted by atomic mass is 32.2. The molecule has 3 N–H and O–H groups in total. The van der Waals surface area contributed by atoms with E-state index in [1.54, 1.807) is 20.8 Å². The fraction of sp³-hybridized carbons (Fsp3) is 0.429. The number of nitrogens with one attached hydrogen (secondary N) is 2. The van der Waals surface area contributed by atoms with Crippen molar-refractivity contribution in [2.45, 2.75) is 31.3 Å². The Balaban J connectivity index is 2.55. The second kappa shape index (κ2) is 7.42. The summed E-state index contributed by atoms with van der Waals surface area (Å²) >= 11 is 0. The summed E-state index contributed by atoms with van der Waals surface area (Å²) in [7, 11) is -3.85. The van der Waals surface area contributed by atoms with Gasteiger partial charge in [0.25, 0.3) is 0 Å². The maximum Gasteiger partial charge on any atom is 0.407 e. The molecule has 0 saturated heterocycles. The molecule has 0 heterocycles. The quantitative estimate of drug-likeness (QED) is 0.666. The van der Waals surface area contributed by atoms with Crippen LogP contribution < -0.4 is 10.0 Å². The summed E-state index contributed by atoms with van der Waals surface area (Å²) in [6.07, 6.45) is -0.649. The van der Waals surface area contributed by atoms with Crippen molar-refractivity contribution in [3.05, 3.63) is 29.8 Å². The van der Waals surface area contributed by atoms with Crippen LogP contribution in [-0.4, -0.2) is 44.3 Å². The number of carbonyl (C=O) groups is 2. The predicted octanol–water partition coefficient (Wildman–Crippen LogP) is 1.19. The van der Waals surface area contributed by atoms with Crippen LogP contribution in [0.4, 0.5) is 4.79 Å². The van der Waals surface area contributed by atoms with E-state index in [4.69, 9.17) is 9.84 Å². The molecule has 128 valence electrons. The first-order valence-electron chi connectivity index (χ1n) is 6.81. The van der Waals surface area contributed by atoms with Gasteiger partial charge in [-0.1, -0.05) is 6.07 Å². The largest absolute Gasteiger partial charge is 0.478 e. The number of hydrogen-bond donors (Lipinski definition) is 3. The normalized spacial score (nSPS) is 11.8. The summed E-state index contributed by atoms with van der Waals surface area (Å²) in [6, 6.07) is 4.99. The zero-order valence-corrected chi connectivity index (χ0v) is 13.9. The van der Waals surface area contributed by atoms with Crippen LogP contribution in [0.2, 0.25) is 0 Å². The third-order valence-electron chi connectivity index (χ3n) is 2.48. The Hall–Kier alpha value is -2.13. The molecule has 23 heavy (non-hydrogen) atoms. The summed E-state index contributed by atoms with van der Waals surface area (Å²) < 4.78 is 31.3. The number of rotatable bonds is 6. The van der Waals surface area contributed by atoms with E-state index in [0.717, 1.165) is 6.07 Å². The molecule has 9 heteroatoms. The minimum absolute atomic E-state index is 0.0345. The first-order chi connectivity index (χ1) is 10.5. The summed E-state index contributed by atoms with van der Waals surface area (Å²) in [5.74, 6) is -1.21. The average Bonchev–Trinajstić information content (AvgIpc) is 2.42. The van der Waals surface area contributed by atoms with Crippen LogP contribution in [-0.2, 0) is 14.8 Å². The van der Waals surface area contributed by atoms with E-state index in [2.05, 4.69) is 10.0 Å². The maximum atomic E-state index is 12.0. The zero-order chi connectivity index (χ0) is 17.7. The summed E-state index contributed by atoms with van der Waals surface area (Å²) in [6.45, 7) is 5.12. The number of aromatic carboxylic acids is 1. The highest BCUT2D eigenvalue weighted by molar-refractivity contribution is 7.89. The average molecular weight is 344 g/mol. The summed E-state index contributed by atoms with van der Waals surface area (Å²) in [5.41, 5.74) is -0.763. The maximum absolute atomic E-state index is 12.0. The third kappa shape index (κ3) is 6.66. The lowest BCUT2D eigenvalue weighted by atomic mass is 10.2. The number of ether oxygens (including phenoxy) is 1. The Labute approximate surface area is 134 Å². The molecule has 0 saturated carbocycles. The van der Waals surface area contributed by atoms with Gasteiger partial charge in [-0.05, 0) is 39.0 Å². The fourth-order valence-corrected chi connectivity index (χ4v) is 2.62. The van der Waals surface area contributed by atoms with E-state index in [9.17, 15) is 18.0 Å².